The van der Waals surface area contributed by atoms with Crippen LogP contribution >= 0.6 is 31.9 Å². The topological polar surface area (TPSA) is 83.5 Å². The van der Waals surface area contributed by atoms with Gasteiger partial charge in [0.15, 0.2) is 0 Å². The Morgan fingerprint density at radius 2 is 2.00 bits per heavy atom. The number of carboxylic acid groups (broad SMARTS) is 1. The summed E-state index contributed by atoms with van der Waals surface area (Å²) in [6, 6.07) is 2.67. The molecular formula is C13H15Br2NO4S. The van der Waals surface area contributed by atoms with E-state index in [1.54, 1.807) is 6.07 Å². The SMILES string of the molecule is Cc1cc(Br)c(S(=O)(=O)NC(CC(=O)O)C2CC2)cc1Br. The van der Waals surface area contributed by atoms with Gasteiger partial charge in [-0.1, -0.05) is 15.9 Å². The maximum Gasteiger partial charge on any atom is 0.304 e. The Hall–Kier alpha value is -0.440. The fourth-order valence-electron chi connectivity index (χ4n) is 2.09. The van der Waals surface area contributed by atoms with Crippen molar-refractivity contribution in [2.45, 2.75) is 37.1 Å². The minimum Gasteiger partial charge on any atom is -0.481 e. The van der Waals surface area contributed by atoms with Gasteiger partial charge in [0.1, 0.15) is 0 Å². The van der Waals surface area contributed by atoms with Crippen LogP contribution in [0, 0.1) is 12.8 Å². The summed E-state index contributed by atoms with van der Waals surface area (Å²) in [7, 11) is -3.77. The highest BCUT2D eigenvalue weighted by molar-refractivity contribution is 9.11. The third kappa shape index (κ3) is 4.28. The first-order chi connectivity index (χ1) is 9.70. The van der Waals surface area contributed by atoms with Crippen LogP contribution in [0.2, 0.25) is 0 Å². The second-order valence-corrected chi connectivity index (χ2v) is 8.59. The Kier molecular flexibility index (Phi) is 5.12. The molecule has 1 aliphatic carbocycles. The summed E-state index contributed by atoms with van der Waals surface area (Å²) in [5.41, 5.74) is 0.908. The number of aryl methyl sites for hydroxylation is 1. The number of benzene rings is 1. The van der Waals surface area contributed by atoms with E-state index in [1.165, 1.54) is 6.07 Å². The van der Waals surface area contributed by atoms with Gasteiger partial charge in [0, 0.05) is 15.0 Å². The Labute approximate surface area is 140 Å². The fraction of sp³-hybridized carbons (Fsp3) is 0.462. The molecule has 0 heterocycles. The average molecular weight is 441 g/mol. The molecule has 116 valence electrons. The van der Waals surface area contributed by atoms with Gasteiger partial charge >= 0.3 is 5.97 Å². The van der Waals surface area contributed by atoms with Crippen molar-refractivity contribution in [2.75, 3.05) is 0 Å². The van der Waals surface area contributed by atoms with Crippen LogP contribution < -0.4 is 4.72 Å². The second kappa shape index (κ2) is 6.36. The van der Waals surface area contributed by atoms with Crippen LogP contribution in [0.4, 0.5) is 0 Å². The van der Waals surface area contributed by atoms with Crippen molar-refractivity contribution in [1.82, 2.24) is 4.72 Å². The summed E-state index contributed by atoms with van der Waals surface area (Å²) in [4.78, 5) is 11.0. The minimum absolute atomic E-state index is 0.107. The molecule has 0 aromatic heterocycles. The summed E-state index contributed by atoms with van der Waals surface area (Å²) in [6.07, 6.45) is 1.52. The summed E-state index contributed by atoms with van der Waals surface area (Å²) in [5, 5.41) is 8.91. The van der Waals surface area contributed by atoms with E-state index in [1.807, 2.05) is 6.92 Å². The first-order valence-electron chi connectivity index (χ1n) is 6.40. The number of rotatable bonds is 6. The molecule has 1 aromatic rings. The number of nitrogens with one attached hydrogen (secondary N) is 1. The van der Waals surface area contributed by atoms with Gasteiger partial charge in [0.2, 0.25) is 10.0 Å². The van der Waals surface area contributed by atoms with Crippen LogP contribution in [0.1, 0.15) is 24.8 Å². The number of sulfonamides is 1. The van der Waals surface area contributed by atoms with Gasteiger partial charge < -0.3 is 5.11 Å². The molecule has 1 aliphatic rings. The summed E-state index contributed by atoms with van der Waals surface area (Å²) >= 11 is 6.57. The summed E-state index contributed by atoms with van der Waals surface area (Å²) in [6.45, 7) is 1.86. The van der Waals surface area contributed by atoms with Gasteiger partial charge in [-0.2, -0.15) is 0 Å². The predicted molar refractivity (Wildman–Crippen MR) is 85.7 cm³/mol. The molecule has 1 saturated carbocycles. The third-order valence-electron chi connectivity index (χ3n) is 3.39. The molecule has 0 saturated heterocycles. The fourth-order valence-corrected chi connectivity index (χ4v) is 5.07. The van der Waals surface area contributed by atoms with Crippen molar-refractivity contribution in [3.63, 3.8) is 0 Å². The van der Waals surface area contributed by atoms with Gasteiger partial charge in [-0.3, -0.25) is 4.79 Å². The van der Waals surface area contributed by atoms with Gasteiger partial charge in [0.05, 0.1) is 11.3 Å². The molecule has 5 nitrogen and oxygen atoms in total. The quantitative estimate of drug-likeness (QED) is 0.711. The van der Waals surface area contributed by atoms with Gasteiger partial charge in [0.25, 0.3) is 0 Å². The lowest BCUT2D eigenvalue weighted by molar-refractivity contribution is -0.137. The number of carbonyl (C=O) groups is 1. The highest BCUT2D eigenvalue weighted by Gasteiger charge is 2.36. The van der Waals surface area contributed by atoms with Crippen molar-refractivity contribution < 1.29 is 18.3 Å². The molecular weight excluding hydrogens is 426 g/mol. The molecule has 1 unspecified atom stereocenters. The van der Waals surface area contributed by atoms with Crippen LogP contribution in [0.5, 0.6) is 0 Å². The maximum atomic E-state index is 12.5. The first kappa shape index (κ1) is 16.9. The van der Waals surface area contributed by atoms with Gasteiger partial charge in [-0.15, -0.1) is 0 Å². The zero-order valence-corrected chi connectivity index (χ0v) is 15.3. The molecule has 1 atom stereocenters. The molecule has 1 aromatic carbocycles. The van der Waals surface area contributed by atoms with Crippen molar-refractivity contribution in [2.24, 2.45) is 5.92 Å². The third-order valence-corrected chi connectivity index (χ3v) is 6.70. The Balaban J connectivity index is 2.29. The largest absolute Gasteiger partial charge is 0.481 e. The van der Waals surface area contributed by atoms with E-state index in [-0.39, 0.29) is 17.2 Å². The van der Waals surface area contributed by atoms with Crippen LogP contribution in [-0.4, -0.2) is 25.5 Å². The lowest BCUT2D eigenvalue weighted by Gasteiger charge is -2.17. The normalized spacial score (nSPS) is 16.7. The lowest BCUT2D eigenvalue weighted by Crippen LogP contribution is -2.38. The number of halogens is 2. The van der Waals surface area contributed by atoms with E-state index < -0.39 is 22.0 Å². The van der Waals surface area contributed by atoms with Gasteiger partial charge in [-0.25, -0.2) is 13.1 Å². The number of hydrogen-bond acceptors (Lipinski definition) is 3. The minimum atomic E-state index is -3.77. The maximum absolute atomic E-state index is 12.5. The Bertz CT molecular complexity index is 671. The van der Waals surface area contributed by atoms with Gasteiger partial charge in [-0.05, 0) is 59.3 Å². The molecule has 0 radical (unpaired) electrons. The van der Waals surface area contributed by atoms with E-state index in [0.29, 0.717) is 8.95 Å². The molecule has 0 aliphatic heterocycles. The lowest BCUT2D eigenvalue weighted by atomic mass is 10.1. The van der Waals surface area contributed by atoms with Crippen LogP contribution in [0.15, 0.2) is 26.0 Å². The highest BCUT2D eigenvalue weighted by Crippen LogP contribution is 2.36. The van der Waals surface area contributed by atoms with E-state index in [0.717, 1.165) is 18.4 Å². The first-order valence-corrected chi connectivity index (χ1v) is 9.47. The van der Waals surface area contributed by atoms with Crippen LogP contribution in [0.25, 0.3) is 0 Å². The zero-order valence-electron chi connectivity index (χ0n) is 11.3. The molecule has 2 N–H and O–H groups in total. The molecule has 2 rings (SSSR count). The summed E-state index contributed by atoms with van der Waals surface area (Å²) < 4.78 is 28.6. The smallest absolute Gasteiger partial charge is 0.304 e. The average Bonchev–Trinajstić information content (AvgIpc) is 3.15. The van der Waals surface area contributed by atoms with E-state index in [9.17, 15) is 13.2 Å². The second-order valence-electron chi connectivity index (χ2n) is 5.19. The molecule has 1 fully saturated rings. The monoisotopic (exact) mass is 439 g/mol. The molecule has 8 heteroatoms. The Morgan fingerprint density at radius 1 is 1.38 bits per heavy atom. The summed E-state index contributed by atoms with van der Waals surface area (Å²) in [5.74, 6) is -0.887. The van der Waals surface area contributed by atoms with Crippen LogP contribution in [-0.2, 0) is 14.8 Å². The van der Waals surface area contributed by atoms with Crippen molar-refractivity contribution in [3.05, 3.63) is 26.6 Å². The van der Waals surface area contributed by atoms with E-state index in [4.69, 9.17) is 5.11 Å². The number of hydrogen-bond donors (Lipinski definition) is 2. The van der Waals surface area contributed by atoms with E-state index >= 15 is 0 Å². The molecule has 0 spiro atoms. The van der Waals surface area contributed by atoms with E-state index in [2.05, 4.69) is 36.6 Å². The standard InChI is InChI=1S/C13H15Br2NO4S/c1-7-4-10(15)12(5-9(7)14)21(19,20)16-11(6-13(17)18)8-2-3-8/h4-5,8,11,16H,2-3,6H2,1H3,(H,17,18). The van der Waals surface area contributed by atoms with Crippen molar-refractivity contribution in [1.29, 1.82) is 0 Å². The molecule has 21 heavy (non-hydrogen) atoms. The molecule has 0 amide bonds. The number of aliphatic carboxylic acids is 1. The number of carboxylic acids is 1. The zero-order chi connectivity index (χ0) is 15.8. The van der Waals surface area contributed by atoms with Crippen molar-refractivity contribution in [3.8, 4) is 0 Å². The highest BCUT2D eigenvalue weighted by atomic mass is 79.9. The molecule has 0 bridgehead atoms. The predicted octanol–water partition coefficient (Wildman–Crippen LogP) is 3.05. The Morgan fingerprint density at radius 3 is 2.52 bits per heavy atom. The van der Waals surface area contributed by atoms with Crippen molar-refractivity contribution >= 4 is 47.9 Å². The van der Waals surface area contributed by atoms with Crippen LogP contribution in [0.3, 0.4) is 0 Å².